The van der Waals surface area contributed by atoms with Crippen molar-refractivity contribution in [3.8, 4) is 34.1 Å². The predicted molar refractivity (Wildman–Crippen MR) is 184 cm³/mol. The maximum absolute atomic E-state index is 12.5. The smallest absolute Gasteiger partial charge is 0.344 e. The first-order chi connectivity index (χ1) is 24.6. The summed E-state index contributed by atoms with van der Waals surface area (Å²) in [5.41, 5.74) is 0.0820. The van der Waals surface area contributed by atoms with E-state index in [1.165, 1.54) is 30.3 Å². The molecule has 0 spiro atoms. The van der Waals surface area contributed by atoms with Crippen molar-refractivity contribution in [2.24, 2.45) is 0 Å². The number of carbonyl (C=O) groups excluding carboxylic acids is 4. The number of benzene rings is 2. The average Bonchev–Trinajstić information content (AvgIpc) is 3.11. The van der Waals surface area contributed by atoms with Gasteiger partial charge in [-0.2, -0.15) is 0 Å². The van der Waals surface area contributed by atoms with E-state index in [0.717, 1.165) is 25.7 Å². The maximum Gasteiger partial charge on any atom is 0.344 e. The first kappa shape index (κ1) is 42.2. The molecule has 0 saturated carbocycles. The van der Waals surface area contributed by atoms with Gasteiger partial charge in [-0.3, -0.25) is 0 Å². The number of carboxylic acid groups (broad SMARTS) is 1. The van der Waals surface area contributed by atoms with Gasteiger partial charge in [0.2, 0.25) is 0 Å². The molecule has 0 aliphatic carbocycles. The molecule has 0 unspecified atom stereocenters. The number of esters is 4. The van der Waals surface area contributed by atoms with Crippen LogP contribution in [0.25, 0.3) is 11.1 Å². The van der Waals surface area contributed by atoms with Crippen molar-refractivity contribution in [2.45, 2.75) is 79.1 Å². The van der Waals surface area contributed by atoms with Gasteiger partial charge in [0.25, 0.3) is 0 Å². The number of unbranched alkanes of at least 4 members (excludes halogenated alkanes) is 4. The third-order valence-corrected chi connectivity index (χ3v) is 6.95. The molecule has 2 aromatic rings. The molecule has 14 heteroatoms. The summed E-state index contributed by atoms with van der Waals surface area (Å²) in [6, 6.07) is 6.89. The molecule has 0 saturated heterocycles. The van der Waals surface area contributed by atoms with Crippen LogP contribution in [0.3, 0.4) is 0 Å². The molecule has 0 amide bonds. The van der Waals surface area contributed by atoms with Gasteiger partial charge in [-0.05, 0) is 49.4 Å². The van der Waals surface area contributed by atoms with E-state index in [2.05, 4.69) is 0 Å². The van der Waals surface area contributed by atoms with Crippen LogP contribution in [-0.4, -0.2) is 87.8 Å². The Hall–Kier alpha value is -5.01. The molecule has 0 heterocycles. The summed E-state index contributed by atoms with van der Waals surface area (Å²) in [6.45, 7) is 6.66. The lowest BCUT2D eigenvalue weighted by Crippen LogP contribution is -2.18. The zero-order valence-electron chi connectivity index (χ0n) is 30.0. The van der Waals surface area contributed by atoms with Crippen LogP contribution >= 0.6 is 0 Å². The summed E-state index contributed by atoms with van der Waals surface area (Å²) in [5, 5.41) is 10.1. The molecule has 0 bridgehead atoms. The molecule has 1 N–H and O–H groups in total. The molecular formula is C37H50O14. The molecule has 51 heavy (non-hydrogen) atoms. The first-order valence-corrected chi connectivity index (χ1v) is 17.3. The summed E-state index contributed by atoms with van der Waals surface area (Å²) in [7, 11) is 0. The van der Waals surface area contributed by atoms with Crippen LogP contribution in [0, 0.1) is 0 Å². The largest absolute Gasteiger partial charge is 0.482 e. The highest BCUT2D eigenvalue weighted by molar-refractivity contribution is 5.94. The fraction of sp³-hybridized carbons (Fsp3) is 0.541. The van der Waals surface area contributed by atoms with Crippen molar-refractivity contribution in [3.63, 3.8) is 0 Å². The Bertz CT molecular complexity index is 1380. The Morgan fingerprint density at radius 3 is 1.24 bits per heavy atom. The fourth-order valence-corrected chi connectivity index (χ4v) is 4.13. The molecule has 2 aromatic carbocycles. The van der Waals surface area contributed by atoms with Crippen LogP contribution in [0.1, 0.15) is 89.4 Å². The maximum atomic E-state index is 12.5. The van der Waals surface area contributed by atoms with Crippen molar-refractivity contribution in [2.75, 3.05) is 52.9 Å². The number of aromatic carboxylic acids is 1. The van der Waals surface area contributed by atoms with Crippen molar-refractivity contribution in [1.29, 1.82) is 0 Å². The Morgan fingerprint density at radius 1 is 0.490 bits per heavy atom. The van der Waals surface area contributed by atoms with Gasteiger partial charge >= 0.3 is 29.8 Å². The van der Waals surface area contributed by atoms with Gasteiger partial charge in [-0.1, -0.05) is 53.4 Å². The minimum Gasteiger partial charge on any atom is -0.482 e. The SMILES string of the molecule is CCCCOC(=O)COc1cc(OCC(=O)OCCCC)cc(-c2cc(C(=O)O)c(OCC(=O)OCCCC)cc2OCC(=O)OCCCC)c1. The standard InChI is InChI=1S/C37H50O14/c1-5-9-13-44-33(38)22-48-27-17-26(18-28(19-27)49-23-34(39)45-14-10-6-2)29-20-30(37(42)43)32(51-25-36(41)47-16-12-8-4)21-31(29)50-24-35(40)46-15-11-7-3/h17-21H,5-16,22-25H2,1-4H3,(H,42,43). The quantitative estimate of drug-likeness (QED) is 0.0686. The van der Waals surface area contributed by atoms with Crippen molar-refractivity contribution >= 4 is 29.8 Å². The van der Waals surface area contributed by atoms with Crippen molar-refractivity contribution < 1.29 is 67.0 Å². The molecule has 2 rings (SSSR count). The van der Waals surface area contributed by atoms with Crippen molar-refractivity contribution in [3.05, 3.63) is 35.9 Å². The lowest BCUT2D eigenvalue weighted by molar-refractivity contribution is -0.147. The third kappa shape index (κ3) is 16.5. The molecule has 282 valence electrons. The number of hydrogen-bond donors (Lipinski definition) is 1. The summed E-state index contributed by atoms with van der Waals surface area (Å²) in [6.07, 6.45) is 5.99. The molecule has 0 fully saturated rings. The Labute approximate surface area is 298 Å². The highest BCUT2D eigenvalue weighted by Crippen LogP contribution is 2.40. The van der Waals surface area contributed by atoms with E-state index in [0.29, 0.717) is 25.7 Å². The number of ether oxygens (including phenoxy) is 8. The molecular weight excluding hydrogens is 668 g/mol. The van der Waals surface area contributed by atoms with E-state index in [4.69, 9.17) is 37.9 Å². The lowest BCUT2D eigenvalue weighted by Gasteiger charge is -2.18. The zero-order valence-corrected chi connectivity index (χ0v) is 30.0. The Kier molecular flexibility index (Phi) is 20.0. The highest BCUT2D eigenvalue weighted by atomic mass is 16.6. The van der Waals surface area contributed by atoms with E-state index in [9.17, 15) is 29.1 Å². The first-order valence-electron chi connectivity index (χ1n) is 17.3. The van der Waals surface area contributed by atoms with Crippen LogP contribution in [0.2, 0.25) is 0 Å². The van der Waals surface area contributed by atoms with Crippen LogP contribution in [0.5, 0.6) is 23.0 Å². The highest BCUT2D eigenvalue weighted by Gasteiger charge is 2.22. The van der Waals surface area contributed by atoms with E-state index in [1.807, 2.05) is 27.7 Å². The van der Waals surface area contributed by atoms with Crippen LogP contribution < -0.4 is 18.9 Å². The lowest BCUT2D eigenvalue weighted by atomic mass is 10.00. The molecule has 0 aliphatic rings. The van der Waals surface area contributed by atoms with Crippen LogP contribution in [-0.2, 0) is 38.1 Å². The Morgan fingerprint density at radius 2 is 0.863 bits per heavy atom. The second-order valence-corrected chi connectivity index (χ2v) is 11.3. The molecule has 0 aliphatic heterocycles. The van der Waals surface area contributed by atoms with Gasteiger partial charge in [0, 0.05) is 17.7 Å². The number of rotatable bonds is 26. The monoisotopic (exact) mass is 718 g/mol. The normalized spacial score (nSPS) is 10.5. The molecule has 0 radical (unpaired) electrons. The number of carboxylic acids is 1. The topological polar surface area (TPSA) is 179 Å². The summed E-state index contributed by atoms with van der Waals surface area (Å²) < 4.78 is 43.5. The van der Waals surface area contributed by atoms with Gasteiger partial charge in [0.05, 0.1) is 26.4 Å². The average molecular weight is 719 g/mol. The molecule has 0 atom stereocenters. The third-order valence-electron chi connectivity index (χ3n) is 6.95. The van der Waals surface area contributed by atoms with Crippen LogP contribution in [0.15, 0.2) is 30.3 Å². The minimum absolute atomic E-state index is 0.0113. The summed E-state index contributed by atoms with van der Waals surface area (Å²) in [5.74, 6) is -3.96. The Balaban J connectivity index is 2.55. The van der Waals surface area contributed by atoms with Gasteiger partial charge in [-0.25, -0.2) is 24.0 Å². The second kappa shape index (κ2) is 24.2. The molecule has 0 aromatic heterocycles. The van der Waals surface area contributed by atoms with Gasteiger partial charge in [0.1, 0.15) is 28.6 Å². The van der Waals surface area contributed by atoms with Gasteiger partial charge in [-0.15, -0.1) is 0 Å². The van der Waals surface area contributed by atoms with Crippen molar-refractivity contribution in [1.82, 2.24) is 0 Å². The summed E-state index contributed by atoms with van der Waals surface area (Å²) in [4.78, 5) is 61.7. The van der Waals surface area contributed by atoms with E-state index in [1.54, 1.807) is 0 Å². The van der Waals surface area contributed by atoms with E-state index >= 15 is 0 Å². The van der Waals surface area contributed by atoms with E-state index in [-0.39, 0.29) is 66.1 Å². The predicted octanol–water partition coefficient (Wildman–Crippen LogP) is 5.94. The molecule has 14 nitrogen and oxygen atoms in total. The van der Waals surface area contributed by atoms with E-state index < -0.39 is 56.3 Å². The fourth-order valence-electron chi connectivity index (χ4n) is 4.13. The summed E-state index contributed by atoms with van der Waals surface area (Å²) >= 11 is 0. The zero-order chi connectivity index (χ0) is 37.4. The van der Waals surface area contributed by atoms with Gasteiger partial charge < -0.3 is 43.0 Å². The minimum atomic E-state index is -1.38. The number of hydrogen-bond acceptors (Lipinski definition) is 13. The number of carbonyl (C=O) groups is 5. The van der Waals surface area contributed by atoms with Gasteiger partial charge in [0.15, 0.2) is 26.4 Å². The van der Waals surface area contributed by atoms with Crippen LogP contribution in [0.4, 0.5) is 0 Å². The second-order valence-electron chi connectivity index (χ2n) is 11.3.